The fourth-order valence-electron chi connectivity index (χ4n) is 2.82. The van der Waals surface area contributed by atoms with E-state index in [1.54, 1.807) is 0 Å². The van der Waals surface area contributed by atoms with Crippen molar-refractivity contribution >= 4 is 0 Å². The summed E-state index contributed by atoms with van der Waals surface area (Å²) in [4.78, 5) is 2.58. The Hall–Kier alpha value is -0.0400. The third-order valence-electron chi connectivity index (χ3n) is 3.90. The lowest BCUT2D eigenvalue weighted by Crippen LogP contribution is -2.57. The number of rotatable bonds is 1. The van der Waals surface area contributed by atoms with Gasteiger partial charge in [-0.15, -0.1) is 0 Å². The van der Waals surface area contributed by atoms with Gasteiger partial charge in [-0.3, -0.25) is 0 Å². The molecule has 0 aromatic rings. The average Bonchev–Trinajstić information content (AvgIpc) is 2.19. The van der Waals surface area contributed by atoms with E-state index in [0.717, 1.165) is 11.3 Å². The van der Waals surface area contributed by atoms with Gasteiger partial charge in [0.1, 0.15) is 0 Å². The van der Waals surface area contributed by atoms with Crippen molar-refractivity contribution in [3.8, 4) is 0 Å². The molecular weight excluding hydrogens is 170 g/mol. The topological polar surface area (TPSA) is 3.24 Å². The number of hydrogen-bond donors (Lipinski definition) is 0. The summed E-state index contributed by atoms with van der Waals surface area (Å²) in [5, 5.41) is 0. The second kappa shape index (κ2) is 5.16. The fourth-order valence-corrected chi connectivity index (χ4v) is 2.82. The summed E-state index contributed by atoms with van der Waals surface area (Å²) in [7, 11) is 0. The Kier molecular flexibility index (Phi) is 4.43. The minimum Gasteiger partial charge on any atom is -0.302 e. The van der Waals surface area contributed by atoms with E-state index in [-0.39, 0.29) is 0 Å². The zero-order valence-corrected chi connectivity index (χ0v) is 10.5. The lowest BCUT2D eigenvalue weighted by Gasteiger charge is -2.53. The highest BCUT2D eigenvalue weighted by molar-refractivity contribution is 4.96. The zero-order valence-electron chi connectivity index (χ0n) is 10.5. The smallest absolute Gasteiger partial charge is 0.00504 e. The molecule has 1 heterocycles. The third-order valence-corrected chi connectivity index (χ3v) is 3.90. The van der Waals surface area contributed by atoms with Crippen LogP contribution in [0.3, 0.4) is 0 Å². The van der Waals surface area contributed by atoms with E-state index in [2.05, 4.69) is 18.7 Å². The Morgan fingerprint density at radius 1 is 1.14 bits per heavy atom. The van der Waals surface area contributed by atoms with E-state index in [1.807, 2.05) is 13.8 Å². The minimum atomic E-state index is 0.780. The van der Waals surface area contributed by atoms with Crippen molar-refractivity contribution in [1.29, 1.82) is 0 Å². The van der Waals surface area contributed by atoms with Crippen molar-refractivity contribution in [1.82, 2.24) is 4.90 Å². The van der Waals surface area contributed by atoms with Crippen LogP contribution in [0.1, 0.15) is 53.4 Å². The van der Waals surface area contributed by atoms with Gasteiger partial charge in [0.2, 0.25) is 0 Å². The number of hydrogen-bond acceptors (Lipinski definition) is 1. The molecule has 2 fully saturated rings. The normalized spacial score (nSPS) is 26.6. The molecule has 0 aromatic carbocycles. The predicted molar refractivity (Wildman–Crippen MR) is 63.5 cm³/mol. The molecule has 0 radical (unpaired) electrons. The molecule has 0 aromatic heterocycles. The van der Waals surface area contributed by atoms with Crippen LogP contribution in [0.5, 0.6) is 0 Å². The van der Waals surface area contributed by atoms with Crippen LogP contribution in [0, 0.1) is 11.3 Å². The molecular formula is C13H27N. The molecule has 1 heteroatoms. The molecule has 0 bridgehead atoms. The van der Waals surface area contributed by atoms with E-state index < -0.39 is 0 Å². The summed E-state index contributed by atoms with van der Waals surface area (Å²) in [5.41, 5.74) is 0.780. The van der Waals surface area contributed by atoms with Gasteiger partial charge in [0.15, 0.2) is 0 Å². The van der Waals surface area contributed by atoms with Gasteiger partial charge in [-0.1, -0.05) is 40.5 Å². The number of likely N-dealkylation sites (tertiary alicyclic amines) is 1. The van der Waals surface area contributed by atoms with Crippen LogP contribution in [0.25, 0.3) is 0 Å². The van der Waals surface area contributed by atoms with Gasteiger partial charge in [-0.2, -0.15) is 0 Å². The molecule has 2 rings (SSSR count). The molecule has 1 saturated carbocycles. The lowest BCUT2D eigenvalue weighted by molar-refractivity contribution is -0.0328. The summed E-state index contributed by atoms with van der Waals surface area (Å²) < 4.78 is 0. The highest BCUT2D eigenvalue weighted by atomic mass is 15.2. The molecule has 0 atom stereocenters. The zero-order chi connectivity index (χ0) is 10.6. The molecule has 0 N–H and O–H groups in total. The van der Waals surface area contributed by atoms with Gasteiger partial charge in [-0.05, 0) is 30.7 Å². The average molecular weight is 197 g/mol. The van der Waals surface area contributed by atoms with E-state index in [4.69, 9.17) is 0 Å². The molecule has 0 amide bonds. The first kappa shape index (κ1) is 12.0. The van der Waals surface area contributed by atoms with Gasteiger partial charge in [0, 0.05) is 13.1 Å². The quantitative estimate of drug-likeness (QED) is 0.621. The minimum absolute atomic E-state index is 0.780. The molecule has 1 saturated heterocycles. The third kappa shape index (κ3) is 2.50. The molecule has 14 heavy (non-hydrogen) atoms. The van der Waals surface area contributed by atoms with Gasteiger partial charge in [0.05, 0.1) is 0 Å². The molecule has 2 aliphatic rings. The molecule has 1 spiro atoms. The van der Waals surface area contributed by atoms with Crippen LogP contribution in [-0.2, 0) is 0 Å². The molecule has 1 nitrogen and oxygen atoms in total. The summed E-state index contributed by atoms with van der Waals surface area (Å²) in [6, 6.07) is 0. The lowest BCUT2D eigenvalue weighted by atomic mass is 9.66. The van der Waals surface area contributed by atoms with Crippen LogP contribution in [-0.4, -0.2) is 24.5 Å². The van der Waals surface area contributed by atoms with Crippen molar-refractivity contribution < 1.29 is 0 Å². The first-order valence-electron chi connectivity index (χ1n) is 6.46. The maximum absolute atomic E-state index is 2.58. The van der Waals surface area contributed by atoms with Gasteiger partial charge in [-0.25, -0.2) is 0 Å². The van der Waals surface area contributed by atoms with Crippen molar-refractivity contribution in [2.24, 2.45) is 11.3 Å². The summed E-state index contributed by atoms with van der Waals surface area (Å²) in [6.07, 6.45) is 5.98. The van der Waals surface area contributed by atoms with Crippen molar-refractivity contribution in [2.45, 2.75) is 53.4 Å². The van der Waals surface area contributed by atoms with Gasteiger partial charge in [0.25, 0.3) is 0 Å². The molecule has 84 valence electrons. The van der Waals surface area contributed by atoms with Gasteiger partial charge >= 0.3 is 0 Å². The Labute approximate surface area is 89.9 Å². The largest absolute Gasteiger partial charge is 0.302 e. The second-order valence-electron chi connectivity index (χ2n) is 4.99. The Morgan fingerprint density at radius 2 is 1.64 bits per heavy atom. The number of nitrogens with zero attached hydrogens (tertiary/aromatic N) is 1. The maximum atomic E-state index is 2.58. The van der Waals surface area contributed by atoms with Crippen LogP contribution in [0.4, 0.5) is 0 Å². The highest BCUT2D eigenvalue weighted by Crippen LogP contribution is 2.45. The van der Waals surface area contributed by atoms with Crippen LogP contribution in [0.2, 0.25) is 0 Å². The van der Waals surface area contributed by atoms with Crippen molar-refractivity contribution in [3.05, 3.63) is 0 Å². The fraction of sp³-hybridized carbons (Fsp3) is 1.00. The van der Waals surface area contributed by atoms with E-state index in [1.165, 1.54) is 45.3 Å². The molecule has 0 unspecified atom stereocenters. The first-order valence-corrected chi connectivity index (χ1v) is 6.46. The van der Waals surface area contributed by atoms with Crippen LogP contribution < -0.4 is 0 Å². The van der Waals surface area contributed by atoms with Crippen LogP contribution >= 0.6 is 0 Å². The SMILES string of the molecule is CC.CCN1CC2(CCC(C)CC2)C1. The second-order valence-corrected chi connectivity index (χ2v) is 4.99. The van der Waals surface area contributed by atoms with E-state index >= 15 is 0 Å². The standard InChI is InChI=1S/C11H21N.C2H6/c1-3-12-8-11(9-12)6-4-10(2)5-7-11;1-2/h10H,3-9H2,1-2H3;1-2H3. The van der Waals surface area contributed by atoms with Crippen molar-refractivity contribution in [2.75, 3.05) is 19.6 Å². The molecule has 1 aliphatic carbocycles. The Morgan fingerprint density at radius 3 is 2.07 bits per heavy atom. The summed E-state index contributed by atoms with van der Waals surface area (Å²) >= 11 is 0. The predicted octanol–water partition coefficient (Wildman–Crippen LogP) is 3.54. The summed E-state index contributed by atoms with van der Waals surface area (Å²) in [5.74, 6) is 1.01. The highest BCUT2D eigenvalue weighted by Gasteiger charge is 2.43. The Balaban J connectivity index is 0.000000461. The van der Waals surface area contributed by atoms with Crippen molar-refractivity contribution in [3.63, 3.8) is 0 Å². The monoisotopic (exact) mass is 197 g/mol. The van der Waals surface area contributed by atoms with E-state index in [9.17, 15) is 0 Å². The molecule has 1 aliphatic heterocycles. The Bertz CT molecular complexity index is 141. The summed E-state index contributed by atoms with van der Waals surface area (Å²) in [6.45, 7) is 12.7. The first-order chi connectivity index (χ1) is 6.74. The van der Waals surface area contributed by atoms with E-state index in [0.29, 0.717) is 0 Å². The maximum Gasteiger partial charge on any atom is 0.00504 e. The van der Waals surface area contributed by atoms with Crippen LogP contribution in [0.15, 0.2) is 0 Å². The van der Waals surface area contributed by atoms with Gasteiger partial charge < -0.3 is 4.90 Å².